The van der Waals surface area contributed by atoms with Gasteiger partial charge in [-0.25, -0.2) is 8.42 Å². The quantitative estimate of drug-likeness (QED) is 0.784. The molecule has 0 saturated carbocycles. The van der Waals surface area contributed by atoms with Crippen molar-refractivity contribution < 1.29 is 17.9 Å². The topological polar surface area (TPSA) is 75.7 Å². The van der Waals surface area contributed by atoms with E-state index in [-0.39, 0.29) is 31.0 Å². The summed E-state index contributed by atoms with van der Waals surface area (Å²) in [7, 11) is -3.49. The van der Waals surface area contributed by atoms with Crippen molar-refractivity contribution in [2.75, 3.05) is 23.7 Å². The number of ether oxygens (including phenoxy) is 1. The second-order valence-electron chi connectivity index (χ2n) is 5.92. The Morgan fingerprint density at radius 3 is 2.35 bits per heavy atom. The van der Waals surface area contributed by atoms with E-state index < -0.39 is 10.0 Å². The third-order valence-corrected chi connectivity index (χ3v) is 4.22. The number of carbonyl (C=O) groups is 1. The van der Waals surface area contributed by atoms with E-state index in [1.54, 1.807) is 38.1 Å². The van der Waals surface area contributed by atoms with Gasteiger partial charge in [0.2, 0.25) is 15.9 Å². The third kappa shape index (κ3) is 6.09. The molecule has 0 heterocycles. The summed E-state index contributed by atoms with van der Waals surface area (Å²) in [5.74, 6) is 0.256. The molecule has 0 aliphatic rings. The molecule has 0 radical (unpaired) electrons. The van der Waals surface area contributed by atoms with Crippen LogP contribution in [-0.4, -0.2) is 39.8 Å². The van der Waals surface area contributed by atoms with Gasteiger partial charge in [0, 0.05) is 12.5 Å². The molecule has 0 spiro atoms. The highest BCUT2D eigenvalue weighted by Gasteiger charge is 2.21. The maximum Gasteiger partial charge on any atom is 0.232 e. The van der Waals surface area contributed by atoms with E-state index in [4.69, 9.17) is 4.74 Å². The number of para-hydroxylation sites is 2. The first-order chi connectivity index (χ1) is 10.6. The van der Waals surface area contributed by atoms with E-state index >= 15 is 0 Å². The Bertz CT molecular complexity index is 627. The summed E-state index contributed by atoms with van der Waals surface area (Å²) in [4.78, 5) is 11.6. The average molecular weight is 342 g/mol. The number of sulfonamides is 1. The third-order valence-electron chi connectivity index (χ3n) is 3.04. The minimum atomic E-state index is -3.49. The molecule has 0 unspecified atom stereocenters. The zero-order valence-electron chi connectivity index (χ0n) is 14.4. The minimum absolute atomic E-state index is 0.0711. The molecule has 6 nitrogen and oxygen atoms in total. The molecule has 0 atom stereocenters. The number of hydrogen-bond acceptors (Lipinski definition) is 4. The fourth-order valence-corrected chi connectivity index (χ4v) is 2.90. The van der Waals surface area contributed by atoms with Crippen LogP contribution in [0.3, 0.4) is 0 Å². The van der Waals surface area contributed by atoms with Crippen molar-refractivity contribution >= 4 is 21.6 Å². The van der Waals surface area contributed by atoms with Crippen molar-refractivity contribution in [3.8, 4) is 5.75 Å². The Balaban J connectivity index is 2.98. The van der Waals surface area contributed by atoms with Crippen LogP contribution in [0, 0.1) is 5.92 Å². The lowest BCUT2D eigenvalue weighted by Crippen LogP contribution is -2.39. The number of hydrogen-bond donors (Lipinski definition) is 1. The van der Waals surface area contributed by atoms with E-state index in [0.29, 0.717) is 11.4 Å². The first-order valence-electron chi connectivity index (χ1n) is 7.64. The zero-order valence-corrected chi connectivity index (χ0v) is 15.2. The highest BCUT2D eigenvalue weighted by atomic mass is 32.2. The predicted molar refractivity (Wildman–Crippen MR) is 92.2 cm³/mol. The predicted octanol–water partition coefficient (Wildman–Crippen LogP) is 2.01. The van der Waals surface area contributed by atoms with E-state index in [1.165, 1.54) is 4.31 Å². The van der Waals surface area contributed by atoms with Crippen LogP contribution in [0.5, 0.6) is 5.75 Å². The van der Waals surface area contributed by atoms with Crippen LogP contribution in [0.25, 0.3) is 0 Å². The van der Waals surface area contributed by atoms with Gasteiger partial charge in [-0.05, 0) is 26.0 Å². The summed E-state index contributed by atoms with van der Waals surface area (Å²) < 4.78 is 31.2. The molecule has 0 aliphatic carbocycles. The second kappa shape index (κ2) is 8.19. The lowest BCUT2D eigenvalue weighted by atomic mass is 10.2. The first-order valence-corrected chi connectivity index (χ1v) is 9.49. The second-order valence-corrected chi connectivity index (χ2v) is 7.82. The number of anilines is 1. The molecule has 1 rings (SSSR count). The van der Waals surface area contributed by atoms with Crippen molar-refractivity contribution in [3.05, 3.63) is 24.3 Å². The van der Waals surface area contributed by atoms with Gasteiger partial charge in [0.15, 0.2) is 0 Å². The first kappa shape index (κ1) is 19.3. The van der Waals surface area contributed by atoms with E-state index in [0.717, 1.165) is 6.26 Å². The molecule has 7 heteroatoms. The van der Waals surface area contributed by atoms with Gasteiger partial charge in [-0.2, -0.15) is 0 Å². The number of benzene rings is 1. The molecule has 0 aromatic heterocycles. The molecule has 1 amide bonds. The largest absolute Gasteiger partial charge is 0.489 e. The Morgan fingerprint density at radius 2 is 1.83 bits per heavy atom. The standard InChI is InChI=1S/C16H26N2O4S/c1-12(2)16(19)17-10-11-18(23(5,20)21)14-8-6-7-9-15(14)22-13(3)4/h6-9,12-13H,10-11H2,1-5H3,(H,17,19). The highest BCUT2D eigenvalue weighted by Crippen LogP contribution is 2.30. The van der Waals surface area contributed by atoms with Gasteiger partial charge >= 0.3 is 0 Å². The molecule has 1 N–H and O–H groups in total. The van der Waals surface area contributed by atoms with Crippen LogP contribution in [0.4, 0.5) is 5.69 Å². The molecule has 0 bridgehead atoms. The fraction of sp³-hybridized carbons (Fsp3) is 0.562. The SMILES string of the molecule is CC(C)Oc1ccccc1N(CCNC(=O)C(C)C)S(C)(=O)=O. The summed E-state index contributed by atoms with van der Waals surface area (Å²) in [6.45, 7) is 7.72. The summed E-state index contributed by atoms with van der Waals surface area (Å²) in [5, 5.41) is 2.73. The molecule has 23 heavy (non-hydrogen) atoms. The van der Waals surface area contributed by atoms with Crippen molar-refractivity contribution in [3.63, 3.8) is 0 Å². The summed E-state index contributed by atoms with van der Waals surface area (Å²) in [6.07, 6.45) is 1.07. The summed E-state index contributed by atoms with van der Waals surface area (Å²) >= 11 is 0. The van der Waals surface area contributed by atoms with Crippen molar-refractivity contribution in [2.45, 2.75) is 33.8 Å². The van der Waals surface area contributed by atoms with Gasteiger partial charge in [0.05, 0.1) is 24.6 Å². The number of nitrogens with one attached hydrogen (secondary N) is 1. The van der Waals surface area contributed by atoms with Crippen molar-refractivity contribution in [1.82, 2.24) is 5.32 Å². The highest BCUT2D eigenvalue weighted by molar-refractivity contribution is 7.92. The molecule has 0 saturated heterocycles. The lowest BCUT2D eigenvalue weighted by molar-refractivity contribution is -0.123. The maximum absolute atomic E-state index is 12.1. The number of carbonyl (C=O) groups excluding carboxylic acids is 1. The van der Waals surface area contributed by atoms with Crippen LogP contribution in [0.1, 0.15) is 27.7 Å². The number of nitrogens with zero attached hydrogens (tertiary/aromatic N) is 1. The number of rotatable bonds is 8. The molecular formula is C16H26N2O4S. The van der Waals surface area contributed by atoms with Gasteiger partial charge in [0.25, 0.3) is 0 Å². The molecular weight excluding hydrogens is 316 g/mol. The maximum atomic E-state index is 12.1. The molecule has 0 aliphatic heterocycles. The lowest BCUT2D eigenvalue weighted by Gasteiger charge is -2.25. The van der Waals surface area contributed by atoms with Gasteiger partial charge in [0.1, 0.15) is 5.75 Å². The molecule has 130 valence electrons. The average Bonchev–Trinajstić information content (AvgIpc) is 2.42. The van der Waals surface area contributed by atoms with Crippen LogP contribution >= 0.6 is 0 Å². The van der Waals surface area contributed by atoms with E-state index in [9.17, 15) is 13.2 Å². The molecule has 1 aromatic rings. The number of amides is 1. The smallest absolute Gasteiger partial charge is 0.232 e. The van der Waals surface area contributed by atoms with Gasteiger partial charge < -0.3 is 10.1 Å². The fourth-order valence-electron chi connectivity index (χ4n) is 1.97. The van der Waals surface area contributed by atoms with Crippen LogP contribution < -0.4 is 14.4 Å². The normalized spacial score (nSPS) is 11.6. The Kier molecular flexibility index (Phi) is 6.87. The Morgan fingerprint density at radius 1 is 1.22 bits per heavy atom. The van der Waals surface area contributed by atoms with Crippen LogP contribution in [0.2, 0.25) is 0 Å². The monoisotopic (exact) mass is 342 g/mol. The molecule has 1 aromatic carbocycles. The van der Waals surface area contributed by atoms with Gasteiger partial charge in [-0.15, -0.1) is 0 Å². The van der Waals surface area contributed by atoms with Crippen LogP contribution in [0.15, 0.2) is 24.3 Å². The minimum Gasteiger partial charge on any atom is -0.489 e. The Hall–Kier alpha value is -1.76. The van der Waals surface area contributed by atoms with Gasteiger partial charge in [-0.3, -0.25) is 9.10 Å². The zero-order chi connectivity index (χ0) is 17.6. The van der Waals surface area contributed by atoms with Crippen molar-refractivity contribution in [2.24, 2.45) is 5.92 Å². The summed E-state index contributed by atoms with van der Waals surface area (Å²) in [5.41, 5.74) is 0.475. The molecule has 0 fully saturated rings. The van der Waals surface area contributed by atoms with E-state index in [2.05, 4.69) is 5.32 Å². The van der Waals surface area contributed by atoms with Gasteiger partial charge in [-0.1, -0.05) is 26.0 Å². The van der Waals surface area contributed by atoms with Crippen LogP contribution in [-0.2, 0) is 14.8 Å². The van der Waals surface area contributed by atoms with E-state index in [1.807, 2.05) is 13.8 Å². The Labute approximate surface area is 138 Å². The summed E-state index contributed by atoms with van der Waals surface area (Å²) in [6, 6.07) is 6.98. The van der Waals surface area contributed by atoms with Crippen molar-refractivity contribution in [1.29, 1.82) is 0 Å².